The second-order valence-corrected chi connectivity index (χ2v) is 3.52. The maximum atomic E-state index is 8.90. The number of allylic oxidation sites excluding steroid dienone is 1. The quantitative estimate of drug-likeness (QED) is 0.606. The van der Waals surface area contributed by atoms with Gasteiger partial charge in [0.25, 0.3) is 0 Å². The molecule has 3 unspecified atom stereocenters. The lowest BCUT2D eigenvalue weighted by Crippen LogP contribution is -2.18. The molecule has 0 aromatic carbocycles. The molecule has 0 amide bonds. The van der Waals surface area contributed by atoms with E-state index in [-0.39, 0.29) is 0 Å². The third-order valence-electron chi connectivity index (χ3n) is 2.62. The number of hydrogen-bond donors (Lipinski definition) is 1. The Hall–Kier alpha value is -0.300. The molecule has 66 valence electrons. The van der Waals surface area contributed by atoms with Gasteiger partial charge < -0.3 is 5.11 Å². The first-order valence-corrected chi connectivity index (χ1v) is 4.35. The number of rotatable bonds is 5. The van der Waals surface area contributed by atoms with Crippen molar-refractivity contribution in [1.82, 2.24) is 0 Å². The van der Waals surface area contributed by atoms with E-state index in [0.29, 0.717) is 24.4 Å². The summed E-state index contributed by atoms with van der Waals surface area (Å²) in [5, 5.41) is 8.90. The van der Waals surface area contributed by atoms with E-state index in [2.05, 4.69) is 27.4 Å². The molecule has 0 aromatic heterocycles. The summed E-state index contributed by atoms with van der Waals surface area (Å²) >= 11 is 0. The van der Waals surface area contributed by atoms with Gasteiger partial charge in [-0.3, -0.25) is 0 Å². The van der Waals surface area contributed by atoms with Gasteiger partial charge in [0.15, 0.2) is 0 Å². The van der Waals surface area contributed by atoms with Crippen molar-refractivity contribution in [3.63, 3.8) is 0 Å². The van der Waals surface area contributed by atoms with Crippen LogP contribution in [0.15, 0.2) is 12.7 Å². The van der Waals surface area contributed by atoms with Gasteiger partial charge in [-0.15, -0.1) is 6.58 Å². The van der Waals surface area contributed by atoms with E-state index in [1.165, 1.54) is 0 Å². The lowest BCUT2D eigenvalue weighted by molar-refractivity contribution is 0.165. The van der Waals surface area contributed by atoms with Crippen LogP contribution in [0.4, 0.5) is 0 Å². The first-order chi connectivity index (χ1) is 5.13. The molecule has 0 rings (SSSR count). The Bertz CT molecular complexity index is 109. The van der Waals surface area contributed by atoms with Crippen LogP contribution in [-0.4, -0.2) is 11.7 Å². The average molecular weight is 156 g/mol. The topological polar surface area (TPSA) is 20.2 Å². The molecule has 0 heterocycles. The van der Waals surface area contributed by atoms with Crippen LogP contribution in [0.5, 0.6) is 0 Å². The molecule has 1 heteroatoms. The van der Waals surface area contributed by atoms with Crippen LogP contribution in [0, 0.1) is 17.8 Å². The van der Waals surface area contributed by atoms with Gasteiger partial charge >= 0.3 is 0 Å². The Balaban J connectivity index is 3.79. The smallest absolute Gasteiger partial charge is 0.0459 e. The number of aliphatic hydroxyl groups is 1. The highest BCUT2D eigenvalue weighted by Gasteiger charge is 2.16. The minimum atomic E-state index is 0.294. The monoisotopic (exact) mass is 156 g/mol. The highest BCUT2D eigenvalue weighted by molar-refractivity contribution is 4.75. The Morgan fingerprint density at radius 1 is 1.27 bits per heavy atom. The van der Waals surface area contributed by atoms with Crippen LogP contribution in [0.2, 0.25) is 0 Å². The van der Waals surface area contributed by atoms with Gasteiger partial charge in [-0.2, -0.15) is 0 Å². The fraction of sp³-hybridized carbons (Fsp3) is 0.800. The van der Waals surface area contributed by atoms with Gasteiger partial charge in [0, 0.05) is 6.61 Å². The van der Waals surface area contributed by atoms with Gasteiger partial charge in [-0.05, 0) is 24.2 Å². The molecule has 0 aliphatic rings. The van der Waals surface area contributed by atoms with Crippen molar-refractivity contribution in [3.05, 3.63) is 12.7 Å². The molecule has 0 aliphatic heterocycles. The van der Waals surface area contributed by atoms with Gasteiger partial charge in [0.1, 0.15) is 0 Å². The Labute approximate surface area is 70.1 Å². The SMILES string of the molecule is C=CCC(C)C(C)C(C)CO. The van der Waals surface area contributed by atoms with Crippen LogP contribution in [0.3, 0.4) is 0 Å². The third-order valence-corrected chi connectivity index (χ3v) is 2.62. The Kier molecular flexibility index (Phi) is 5.22. The van der Waals surface area contributed by atoms with Gasteiger partial charge in [0.05, 0.1) is 0 Å². The first-order valence-electron chi connectivity index (χ1n) is 4.35. The van der Waals surface area contributed by atoms with Crippen LogP contribution in [0.1, 0.15) is 27.2 Å². The van der Waals surface area contributed by atoms with Crippen molar-refractivity contribution in [2.75, 3.05) is 6.61 Å². The number of aliphatic hydroxyl groups excluding tert-OH is 1. The molecule has 0 aromatic rings. The maximum absolute atomic E-state index is 8.90. The summed E-state index contributed by atoms with van der Waals surface area (Å²) in [6.07, 6.45) is 3.00. The van der Waals surface area contributed by atoms with E-state index in [4.69, 9.17) is 5.11 Å². The third kappa shape index (κ3) is 3.57. The lowest BCUT2D eigenvalue weighted by Gasteiger charge is -2.23. The molecule has 0 aliphatic carbocycles. The summed E-state index contributed by atoms with van der Waals surface area (Å²) in [6.45, 7) is 10.5. The van der Waals surface area contributed by atoms with Crippen molar-refractivity contribution >= 4 is 0 Å². The molecule has 0 bridgehead atoms. The van der Waals surface area contributed by atoms with Crippen molar-refractivity contribution < 1.29 is 5.11 Å². The highest BCUT2D eigenvalue weighted by Crippen LogP contribution is 2.22. The fourth-order valence-electron chi connectivity index (χ4n) is 1.20. The molecule has 0 saturated heterocycles. The zero-order valence-corrected chi connectivity index (χ0v) is 7.88. The largest absolute Gasteiger partial charge is 0.396 e. The highest BCUT2D eigenvalue weighted by atomic mass is 16.3. The molecule has 11 heavy (non-hydrogen) atoms. The zero-order valence-electron chi connectivity index (χ0n) is 7.88. The number of hydrogen-bond acceptors (Lipinski definition) is 1. The average Bonchev–Trinajstić information content (AvgIpc) is 2.02. The fourth-order valence-corrected chi connectivity index (χ4v) is 1.20. The second kappa shape index (κ2) is 5.36. The van der Waals surface area contributed by atoms with Crippen LogP contribution < -0.4 is 0 Å². The molecule has 0 saturated carbocycles. The summed E-state index contributed by atoms with van der Waals surface area (Å²) in [7, 11) is 0. The van der Waals surface area contributed by atoms with E-state index < -0.39 is 0 Å². The van der Waals surface area contributed by atoms with E-state index in [9.17, 15) is 0 Å². The van der Waals surface area contributed by atoms with Crippen molar-refractivity contribution in [3.8, 4) is 0 Å². The minimum absolute atomic E-state index is 0.294. The van der Waals surface area contributed by atoms with Gasteiger partial charge in [-0.1, -0.05) is 26.8 Å². The van der Waals surface area contributed by atoms with E-state index >= 15 is 0 Å². The molecular weight excluding hydrogens is 136 g/mol. The Morgan fingerprint density at radius 2 is 1.82 bits per heavy atom. The molecule has 1 nitrogen and oxygen atoms in total. The first kappa shape index (κ1) is 10.7. The summed E-state index contributed by atoms with van der Waals surface area (Å²) in [5.41, 5.74) is 0. The predicted molar refractivity (Wildman–Crippen MR) is 49.4 cm³/mol. The van der Waals surface area contributed by atoms with Crippen LogP contribution in [-0.2, 0) is 0 Å². The van der Waals surface area contributed by atoms with E-state index in [1.54, 1.807) is 0 Å². The van der Waals surface area contributed by atoms with E-state index in [1.807, 2.05) is 6.08 Å². The van der Waals surface area contributed by atoms with Gasteiger partial charge in [-0.25, -0.2) is 0 Å². The minimum Gasteiger partial charge on any atom is -0.396 e. The van der Waals surface area contributed by atoms with E-state index in [0.717, 1.165) is 6.42 Å². The maximum Gasteiger partial charge on any atom is 0.0459 e. The molecule has 3 atom stereocenters. The van der Waals surface area contributed by atoms with Crippen molar-refractivity contribution in [2.45, 2.75) is 27.2 Å². The molecule has 0 spiro atoms. The summed E-state index contributed by atoms with van der Waals surface area (Å²) in [6, 6.07) is 0. The van der Waals surface area contributed by atoms with Crippen molar-refractivity contribution in [1.29, 1.82) is 0 Å². The lowest BCUT2D eigenvalue weighted by atomic mass is 9.84. The zero-order chi connectivity index (χ0) is 8.85. The summed E-state index contributed by atoms with van der Waals surface area (Å²) < 4.78 is 0. The summed E-state index contributed by atoms with van der Waals surface area (Å²) in [5.74, 6) is 1.62. The molecule has 0 fully saturated rings. The second-order valence-electron chi connectivity index (χ2n) is 3.52. The summed E-state index contributed by atoms with van der Waals surface area (Å²) in [4.78, 5) is 0. The predicted octanol–water partition coefficient (Wildman–Crippen LogP) is 2.46. The standard InChI is InChI=1S/C10H20O/c1-5-6-8(2)10(4)9(3)7-11/h5,8-11H,1,6-7H2,2-4H3. The van der Waals surface area contributed by atoms with Crippen molar-refractivity contribution in [2.24, 2.45) is 17.8 Å². The Morgan fingerprint density at radius 3 is 2.18 bits per heavy atom. The molecule has 1 N–H and O–H groups in total. The van der Waals surface area contributed by atoms with Crippen LogP contribution in [0.25, 0.3) is 0 Å². The normalized spacial score (nSPS) is 18.9. The molecule has 0 radical (unpaired) electrons. The molecular formula is C10H20O. The van der Waals surface area contributed by atoms with Crippen LogP contribution >= 0.6 is 0 Å². The van der Waals surface area contributed by atoms with Gasteiger partial charge in [0.2, 0.25) is 0 Å².